The Morgan fingerprint density at radius 1 is 0.719 bits per heavy atom. The van der Waals surface area contributed by atoms with Crippen LogP contribution in [0.1, 0.15) is 222 Å². The Morgan fingerprint density at radius 2 is 1.44 bits per heavy atom. The number of likely N-dealkylation sites (tertiary alicyclic amines) is 1. The van der Waals surface area contributed by atoms with Crippen molar-refractivity contribution in [1.29, 1.82) is 0 Å². The molecule has 5 heteroatoms. The molecule has 0 bridgehead atoms. The fourth-order valence-corrected chi connectivity index (χ4v) is 13.9. The van der Waals surface area contributed by atoms with Crippen LogP contribution < -0.4 is 0 Å². The average molecular weight is 892 g/mol. The molecule has 1 aliphatic heterocycles. The third kappa shape index (κ3) is 16.6. The van der Waals surface area contributed by atoms with Gasteiger partial charge in [-0.2, -0.15) is 0 Å². The minimum Gasteiger partial charge on any atom is -0.378 e. The second-order valence-corrected chi connectivity index (χ2v) is 23.6. The van der Waals surface area contributed by atoms with Crippen molar-refractivity contribution in [2.24, 2.45) is 46.3 Å². The molecule has 9 atom stereocenters. The van der Waals surface area contributed by atoms with E-state index in [-0.39, 0.29) is 11.2 Å². The first-order valence-corrected chi connectivity index (χ1v) is 28.1. The normalized spacial score (nSPS) is 31.3. The van der Waals surface area contributed by atoms with Crippen LogP contribution in [-0.2, 0) is 18.9 Å². The molecule has 370 valence electrons. The van der Waals surface area contributed by atoms with Crippen molar-refractivity contribution in [3.05, 3.63) is 36.0 Å². The summed E-state index contributed by atoms with van der Waals surface area (Å²) in [5.74, 6) is 5.31. The molecular formula is C59H105NO4. The van der Waals surface area contributed by atoms with E-state index in [1.165, 1.54) is 154 Å². The van der Waals surface area contributed by atoms with Gasteiger partial charge in [-0.15, -0.1) is 0 Å². The number of hydrogen-bond acceptors (Lipinski definition) is 5. The molecule has 4 fully saturated rings. The van der Waals surface area contributed by atoms with Crippen molar-refractivity contribution >= 4 is 0 Å². The van der Waals surface area contributed by atoms with E-state index in [1.807, 2.05) is 0 Å². The summed E-state index contributed by atoms with van der Waals surface area (Å²) in [6.45, 7) is 26.9. The zero-order valence-corrected chi connectivity index (χ0v) is 43.7. The van der Waals surface area contributed by atoms with E-state index >= 15 is 0 Å². The summed E-state index contributed by atoms with van der Waals surface area (Å²) in [5, 5.41) is 0. The smallest absolute Gasteiger partial charge is 0.101 e. The quantitative estimate of drug-likeness (QED) is 0.0497. The van der Waals surface area contributed by atoms with Crippen molar-refractivity contribution in [3.63, 3.8) is 0 Å². The lowest BCUT2D eigenvalue weighted by Gasteiger charge is -2.59. The molecule has 0 amide bonds. The number of piperidine rings is 1. The number of allylic oxidation sites excluding steroid dienone is 5. The Balaban J connectivity index is 0.950. The van der Waals surface area contributed by atoms with E-state index in [2.05, 4.69) is 90.7 Å². The summed E-state index contributed by atoms with van der Waals surface area (Å²) in [5.41, 5.74) is 2.23. The molecule has 4 aliphatic carbocycles. The number of rotatable bonds is 32. The van der Waals surface area contributed by atoms with E-state index in [1.54, 1.807) is 5.57 Å². The van der Waals surface area contributed by atoms with Gasteiger partial charge in [-0.1, -0.05) is 142 Å². The Hall–Kier alpha value is -0.980. The molecule has 3 unspecified atom stereocenters. The van der Waals surface area contributed by atoms with Gasteiger partial charge in [-0.05, 0) is 176 Å². The highest BCUT2D eigenvalue weighted by molar-refractivity contribution is 5.27. The topological polar surface area (TPSA) is 40.2 Å². The van der Waals surface area contributed by atoms with Gasteiger partial charge in [-0.25, -0.2) is 0 Å². The molecular weight excluding hydrogens is 787 g/mol. The molecule has 0 aromatic carbocycles. The van der Waals surface area contributed by atoms with Crippen LogP contribution in [-0.4, -0.2) is 75.4 Å². The molecule has 5 nitrogen and oxygen atoms in total. The largest absolute Gasteiger partial charge is 0.378 e. The van der Waals surface area contributed by atoms with Crippen molar-refractivity contribution < 1.29 is 18.9 Å². The highest BCUT2D eigenvalue weighted by Gasteiger charge is 2.59. The van der Waals surface area contributed by atoms with Crippen molar-refractivity contribution in [2.45, 2.75) is 234 Å². The van der Waals surface area contributed by atoms with Gasteiger partial charge in [0, 0.05) is 13.2 Å². The Labute approximate surface area is 397 Å². The van der Waals surface area contributed by atoms with Gasteiger partial charge in [-0.3, -0.25) is 0 Å². The molecule has 0 aromatic rings. The summed E-state index contributed by atoms with van der Waals surface area (Å²) in [7, 11) is 0. The fourth-order valence-electron chi connectivity index (χ4n) is 13.9. The average Bonchev–Trinajstić information content (AvgIpc) is 3.63. The number of ether oxygens (including phenoxy) is 4. The summed E-state index contributed by atoms with van der Waals surface area (Å²) in [4.78, 5) is 2.59. The summed E-state index contributed by atoms with van der Waals surface area (Å²) in [6.07, 6.45) is 46.2. The van der Waals surface area contributed by atoms with E-state index in [0.717, 1.165) is 74.3 Å². The maximum Gasteiger partial charge on any atom is 0.101 e. The van der Waals surface area contributed by atoms with Gasteiger partial charge in [0.2, 0.25) is 0 Å². The SMILES string of the molecule is CCCCC/C=C\C/C=C\CCCCCCCCOC[C@@](C)(CN1CCCCC1)OCCOCCO[C@@]1(C)CC[C@@]2(C)C(=CCC3C2CC[C@@]2(C)C3CC[C@@H]2[C@H](C)CCCC(C)C)C1. The predicted octanol–water partition coefficient (Wildman–Crippen LogP) is 15.9. The third-order valence-corrected chi connectivity index (χ3v) is 17.8. The number of hydrogen-bond donors (Lipinski definition) is 0. The molecule has 1 heterocycles. The van der Waals surface area contributed by atoms with Crippen LogP contribution in [0.5, 0.6) is 0 Å². The minimum absolute atomic E-state index is 0.0857. The molecule has 0 radical (unpaired) electrons. The highest BCUT2D eigenvalue weighted by Crippen LogP contribution is 2.68. The lowest BCUT2D eigenvalue weighted by Crippen LogP contribution is -2.52. The minimum atomic E-state index is -0.313. The van der Waals surface area contributed by atoms with Crippen LogP contribution in [0, 0.1) is 46.3 Å². The van der Waals surface area contributed by atoms with E-state index < -0.39 is 0 Å². The van der Waals surface area contributed by atoms with E-state index in [9.17, 15) is 0 Å². The van der Waals surface area contributed by atoms with Crippen molar-refractivity contribution in [3.8, 4) is 0 Å². The molecule has 5 aliphatic rings. The first-order valence-electron chi connectivity index (χ1n) is 28.1. The van der Waals surface area contributed by atoms with Crippen molar-refractivity contribution in [1.82, 2.24) is 4.90 Å². The highest BCUT2D eigenvalue weighted by atomic mass is 16.6. The molecule has 64 heavy (non-hydrogen) atoms. The van der Waals surface area contributed by atoms with Crippen LogP contribution >= 0.6 is 0 Å². The second kappa shape index (κ2) is 27.9. The molecule has 1 saturated heterocycles. The number of unbranched alkanes of at least 4 members (excludes halogenated alkanes) is 9. The van der Waals surface area contributed by atoms with Crippen LogP contribution in [0.2, 0.25) is 0 Å². The summed E-state index contributed by atoms with van der Waals surface area (Å²) < 4.78 is 25.9. The van der Waals surface area contributed by atoms with Crippen LogP contribution in [0.15, 0.2) is 36.0 Å². The van der Waals surface area contributed by atoms with Gasteiger partial charge < -0.3 is 23.8 Å². The zero-order chi connectivity index (χ0) is 45.7. The van der Waals surface area contributed by atoms with Crippen LogP contribution in [0.25, 0.3) is 0 Å². The maximum absolute atomic E-state index is 6.73. The number of nitrogens with zero attached hydrogens (tertiary/aromatic N) is 1. The Bertz CT molecular complexity index is 1370. The molecule has 3 saturated carbocycles. The summed E-state index contributed by atoms with van der Waals surface area (Å²) >= 11 is 0. The van der Waals surface area contributed by atoms with E-state index in [0.29, 0.717) is 43.9 Å². The van der Waals surface area contributed by atoms with Gasteiger partial charge >= 0.3 is 0 Å². The van der Waals surface area contributed by atoms with Crippen LogP contribution in [0.4, 0.5) is 0 Å². The Kier molecular flexibility index (Phi) is 23.5. The van der Waals surface area contributed by atoms with Crippen LogP contribution in [0.3, 0.4) is 0 Å². The zero-order valence-electron chi connectivity index (χ0n) is 43.7. The second-order valence-electron chi connectivity index (χ2n) is 23.6. The molecule has 5 rings (SSSR count). The van der Waals surface area contributed by atoms with Gasteiger partial charge in [0.15, 0.2) is 0 Å². The monoisotopic (exact) mass is 892 g/mol. The first-order chi connectivity index (χ1) is 30.9. The fraction of sp³-hybridized carbons (Fsp3) is 0.898. The first kappa shape index (κ1) is 54.0. The van der Waals surface area contributed by atoms with E-state index in [4.69, 9.17) is 18.9 Å². The van der Waals surface area contributed by atoms with Gasteiger partial charge in [0.05, 0.1) is 38.6 Å². The lowest BCUT2D eigenvalue weighted by molar-refractivity contribution is -0.123. The molecule has 0 aromatic heterocycles. The maximum atomic E-state index is 6.73. The standard InChI is InChI=1S/C59H105NO4/c1-9-10-11-12-13-14-15-16-17-18-19-20-21-22-23-27-41-62-48-57(6,47-60-39-25-24-26-40-60)64-45-43-61-42-44-63-56(5)37-38-58(7)51(46-56)31-32-52-54-34-33-53(50(4)30-28-29-49(2)3)59(54,8)36-35-55(52)58/h13-14,16-17,31,49-50,52-55H,9-12,15,18-30,32-48H2,1-8H3/b14-13-,17-16-/t50-,52?,53-,54?,55?,56+,57-,58+,59-/m1/s1. The number of fused-ring (bicyclic) bond motifs is 5. The summed E-state index contributed by atoms with van der Waals surface area (Å²) in [6, 6.07) is 0. The molecule has 0 N–H and O–H groups in total. The predicted molar refractivity (Wildman–Crippen MR) is 273 cm³/mol. The Morgan fingerprint density at radius 3 is 2.19 bits per heavy atom. The third-order valence-electron chi connectivity index (χ3n) is 17.8. The lowest BCUT2D eigenvalue weighted by atomic mass is 9.46. The van der Waals surface area contributed by atoms with Crippen molar-refractivity contribution in [2.75, 3.05) is 59.3 Å². The van der Waals surface area contributed by atoms with Gasteiger partial charge in [0.1, 0.15) is 5.60 Å². The molecule has 0 spiro atoms. The van der Waals surface area contributed by atoms with Gasteiger partial charge in [0.25, 0.3) is 0 Å².